The molecule has 0 bridgehead atoms. The molecule has 1 atom stereocenters. The first-order chi connectivity index (χ1) is 21.5. The van der Waals surface area contributed by atoms with Crippen LogP contribution in [-0.2, 0) is 19.1 Å². The zero-order valence-electron chi connectivity index (χ0n) is 27.7. The van der Waals surface area contributed by atoms with Gasteiger partial charge in [-0.05, 0) is 82.8 Å². The van der Waals surface area contributed by atoms with Gasteiger partial charge >= 0.3 is 11.9 Å². The zero-order chi connectivity index (χ0) is 32.4. The van der Waals surface area contributed by atoms with Gasteiger partial charge in [0.25, 0.3) is 0 Å². The molecule has 0 aliphatic carbocycles. The quantitative estimate of drug-likeness (QED) is 0.0499. The summed E-state index contributed by atoms with van der Waals surface area (Å²) < 4.78 is 5.74. The van der Waals surface area contributed by atoms with Crippen LogP contribution in [0.5, 0.6) is 0 Å². The van der Waals surface area contributed by atoms with Gasteiger partial charge in [0.1, 0.15) is 12.6 Å². The summed E-state index contributed by atoms with van der Waals surface area (Å²) in [5, 5.41) is 11.0. The Bertz CT molecular complexity index is 897. The van der Waals surface area contributed by atoms with E-state index in [0.29, 0.717) is 19.3 Å². The van der Waals surface area contributed by atoms with Crippen LogP contribution in [0.15, 0.2) is 72.9 Å². The lowest BCUT2D eigenvalue weighted by Gasteiger charge is -2.11. The largest absolute Gasteiger partial charge is 0.480 e. The van der Waals surface area contributed by atoms with Crippen molar-refractivity contribution in [2.75, 3.05) is 6.54 Å². The van der Waals surface area contributed by atoms with Crippen molar-refractivity contribution in [3.8, 4) is 0 Å². The van der Waals surface area contributed by atoms with E-state index in [1.165, 1.54) is 25.7 Å². The molecular weight excluding hydrogens is 550 g/mol. The molecule has 0 aliphatic rings. The molecule has 0 fully saturated rings. The highest BCUT2D eigenvalue weighted by atomic mass is 16.5. The van der Waals surface area contributed by atoms with Gasteiger partial charge in [0.05, 0.1) is 0 Å². The van der Waals surface area contributed by atoms with Crippen LogP contribution in [0.1, 0.15) is 136 Å². The molecule has 44 heavy (non-hydrogen) atoms. The first-order valence-corrected chi connectivity index (χ1v) is 17.1. The van der Waals surface area contributed by atoms with Crippen LogP contribution >= 0.6 is 0 Å². The molecule has 0 radical (unpaired) electrons. The molecule has 6 nitrogen and oxygen atoms in total. The van der Waals surface area contributed by atoms with Crippen molar-refractivity contribution < 1.29 is 24.2 Å². The molecule has 1 unspecified atom stereocenters. The summed E-state index contributed by atoms with van der Waals surface area (Å²) >= 11 is 0. The van der Waals surface area contributed by atoms with E-state index in [1.807, 2.05) is 24.3 Å². The minimum atomic E-state index is -1.04. The van der Waals surface area contributed by atoms with Gasteiger partial charge < -0.3 is 15.2 Å². The number of amides is 1. The van der Waals surface area contributed by atoms with Gasteiger partial charge in [-0.25, -0.2) is 0 Å². The molecule has 0 saturated heterocycles. The van der Waals surface area contributed by atoms with E-state index in [-0.39, 0.29) is 24.5 Å². The summed E-state index contributed by atoms with van der Waals surface area (Å²) in [7, 11) is 0. The average Bonchev–Trinajstić information content (AvgIpc) is 3.00. The number of nitrogens with one attached hydrogen (secondary N) is 1. The van der Waals surface area contributed by atoms with Gasteiger partial charge in [-0.1, -0.05) is 113 Å². The lowest BCUT2D eigenvalue weighted by molar-refractivity contribution is -0.145. The highest BCUT2D eigenvalue weighted by Crippen LogP contribution is 2.12. The topological polar surface area (TPSA) is 92.7 Å². The number of carbonyl (C=O) groups excluding carboxylic acids is 2. The molecule has 0 aromatic heterocycles. The molecule has 0 aromatic rings. The molecular formula is C38H61NO5. The van der Waals surface area contributed by atoms with Crippen molar-refractivity contribution in [2.45, 2.75) is 142 Å². The number of ether oxygens (including phenoxy) is 1. The number of allylic oxidation sites excluding steroid dienone is 10. The molecule has 0 saturated carbocycles. The monoisotopic (exact) mass is 611 g/mol. The van der Waals surface area contributed by atoms with Crippen LogP contribution in [0, 0.1) is 0 Å². The van der Waals surface area contributed by atoms with E-state index in [4.69, 9.17) is 9.84 Å². The molecule has 2 N–H and O–H groups in total. The number of unbranched alkanes of at least 4 members (excludes halogenated alkanes) is 10. The lowest BCUT2D eigenvalue weighted by Crippen LogP contribution is -2.28. The fraction of sp³-hybridized carbons (Fsp3) is 0.605. The Morgan fingerprint density at radius 1 is 0.591 bits per heavy atom. The number of hydrogen-bond acceptors (Lipinski definition) is 4. The van der Waals surface area contributed by atoms with Crippen LogP contribution in [0.3, 0.4) is 0 Å². The molecule has 6 heteroatoms. The number of carboxylic acid groups (broad SMARTS) is 1. The van der Waals surface area contributed by atoms with Crippen molar-refractivity contribution in [1.29, 1.82) is 0 Å². The molecule has 248 valence electrons. The number of hydrogen-bond donors (Lipinski definition) is 2. The third-order valence-electron chi connectivity index (χ3n) is 6.84. The maximum absolute atomic E-state index is 12.5. The number of carboxylic acids is 1. The highest BCUT2D eigenvalue weighted by molar-refractivity contribution is 5.80. The first-order valence-electron chi connectivity index (χ1n) is 17.1. The lowest BCUT2D eigenvalue weighted by atomic mass is 10.1. The van der Waals surface area contributed by atoms with Crippen molar-refractivity contribution in [1.82, 2.24) is 5.32 Å². The Kier molecular flexibility index (Phi) is 30.4. The molecule has 0 heterocycles. The van der Waals surface area contributed by atoms with Crippen molar-refractivity contribution in [3.05, 3.63) is 72.9 Å². The van der Waals surface area contributed by atoms with Gasteiger partial charge in [-0.2, -0.15) is 0 Å². The number of carbonyl (C=O) groups is 3. The smallest absolute Gasteiger partial charge is 0.322 e. The fourth-order valence-corrected chi connectivity index (χ4v) is 4.37. The third kappa shape index (κ3) is 31.8. The van der Waals surface area contributed by atoms with E-state index >= 15 is 0 Å². The first kappa shape index (κ1) is 40.9. The Hall–Kier alpha value is -3.15. The second-order valence-corrected chi connectivity index (χ2v) is 11.0. The van der Waals surface area contributed by atoms with E-state index in [1.54, 1.807) is 0 Å². The highest BCUT2D eigenvalue weighted by Gasteiger charge is 2.08. The number of aliphatic carboxylic acids is 1. The summed E-state index contributed by atoms with van der Waals surface area (Å²) in [6, 6.07) is 0. The number of esters is 1. The zero-order valence-corrected chi connectivity index (χ0v) is 27.7. The fourth-order valence-electron chi connectivity index (χ4n) is 4.37. The van der Waals surface area contributed by atoms with Gasteiger partial charge in [0.2, 0.25) is 5.91 Å². The molecule has 1 amide bonds. The van der Waals surface area contributed by atoms with Crippen LogP contribution in [0.25, 0.3) is 0 Å². The summed E-state index contributed by atoms with van der Waals surface area (Å²) in [6.07, 6.45) is 43.6. The Morgan fingerprint density at radius 3 is 1.70 bits per heavy atom. The second kappa shape index (κ2) is 32.8. The summed E-state index contributed by atoms with van der Waals surface area (Å²) in [5.41, 5.74) is 0. The van der Waals surface area contributed by atoms with E-state index < -0.39 is 5.97 Å². The van der Waals surface area contributed by atoms with Gasteiger partial charge in [0, 0.05) is 12.8 Å². The summed E-state index contributed by atoms with van der Waals surface area (Å²) in [5.74, 6) is -1.42. The van der Waals surface area contributed by atoms with Crippen molar-refractivity contribution in [2.24, 2.45) is 0 Å². The van der Waals surface area contributed by atoms with E-state index in [2.05, 4.69) is 67.8 Å². The SMILES string of the molecule is CC/C=C\C/C=C\C/C=C\CCCCCCCCCC(=O)OC(/C=C\C/C=C\CC)/C=C\CCCCCC(=O)NCC(=O)O. The Balaban J connectivity index is 4.10. The third-order valence-corrected chi connectivity index (χ3v) is 6.84. The van der Waals surface area contributed by atoms with E-state index in [9.17, 15) is 14.4 Å². The Morgan fingerprint density at radius 2 is 1.07 bits per heavy atom. The van der Waals surface area contributed by atoms with Crippen molar-refractivity contribution in [3.63, 3.8) is 0 Å². The summed E-state index contributed by atoms with van der Waals surface area (Å²) in [6.45, 7) is 3.92. The predicted molar refractivity (Wildman–Crippen MR) is 184 cm³/mol. The van der Waals surface area contributed by atoms with Crippen LogP contribution in [0.4, 0.5) is 0 Å². The summed E-state index contributed by atoms with van der Waals surface area (Å²) in [4.78, 5) is 34.6. The van der Waals surface area contributed by atoms with Crippen LogP contribution in [0.2, 0.25) is 0 Å². The average molecular weight is 612 g/mol. The maximum Gasteiger partial charge on any atom is 0.322 e. The Labute approximate surface area is 268 Å². The standard InChI is InChI=1S/C38H61NO5/c1-3-5-7-9-10-11-12-13-14-15-16-17-18-19-20-25-29-33-38(43)44-35(30-26-22-8-6-4-2)31-27-23-21-24-28-32-36(40)39-34-37(41)42/h5-8,10-11,13-14,26-27,30-31,35H,3-4,9,12,15-25,28-29,32-34H2,1-2H3,(H,39,40)(H,41,42)/b7-5-,8-6-,11-10-,14-13-,30-26-,31-27-. The van der Waals surface area contributed by atoms with Gasteiger partial charge in [-0.15, -0.1) is 0 Å². The second-order valence-electron chi connectivity index (χ2n) is 11.0. The van der Waals surface area contributed by atoms with Crippen molar-refractivity contribution >= 4 is 17.8 Å². The number of rotatable bonds is 29. The van der Waals surface area contributed by atoms with Crippen LogP contribution in [-0.4, -0.2) is 35.6 Å². The maximum atomic E-state index is 12.5. The predicted octanol–water partition coefficient (Wildman–Crippen LogP) is 9.89. The minimum Gasteiger partial charge on any atom is -0.480 e. The van der Waals surface area contributed by atoms with E-state index in [0.717, 1.165) is 77.0 Å². The molecule has 0 aromatic carbocycles. The molecule has 0 spiro atoms. The molecule has 0 aliphatic heterocycles. The normalized spacial score (nSPS) is 13.0. The van der Waals surface area contributed by atoms with Gasteiger partial charge in [-0.3, -0.25) is 14.4 Å². The van der Waals surface area contributed by atoms with Gasteiger partial charge in [0.15, 0.2) is 0 Å². The minimum absolute atomic E-state index is 0.153. The molecule has 0 rings (SSSR count). The van der Waals surface area contributed by atoms with Crippen LogP contribution < -0.4 is 5.32 Å².